The van der Waals surface area contributed by atoms with Crippen LogP contribution in [0.5, 0.6) is 0 Å². The first kappa shape index (κ1) is 12.3. The fourth-order valence-corrected chi connectivity index (χ4v) is 2.67. The molecule has 2 unspecified atom stereocenters. The Labute approximate surface area is 103 Å². The van der Waals surface area contributed by atoms with E-state index in [1.165, 1.54) is 12.8 Å². The van der Waals surface area contributed by atoms with Gasteiger partial charge in [0.25, 0.3) is 0 Å². The summed E-state index contributed by atoms with van der Waals surface area (Å²) in [6, 6.07) is 3.08. The largest absolute Gasteiger partial charge is 0.335 e. The summed E-state index contributed by atoms with van der Waals surface area (Å²) in [6.07, 6.45) is 3.63. The van der Waals surface area contributed by atoms with Crippen molar-refractivity contribution in [1.82, 2.24) is 9.97 Å². The zero-order valence-electron chi connectivity index (χ0n) is 11.0. The minimum Gasteiger partial charge on any atom is -0.335 e. The summed E-state index contributed by atoms with van der Waals surface area (Å²) in [5.74, 6) is 0.863. The Bertz CT molecular complexity index is 391. The molecule has 1 aromatic rings. The van der Waals surface area contributed by atoms with Crippen molar-refractivity contribution in [1.29, 1.82) is 0 Å². The highest BCUT2D eigenvalue weighted by Crippen LogP contribution is 2.29. The first-order chi connectivity index (χ1) is 8.15. The topological polar surface area (TPSA) is 55.0 Å². The quantitative estimate of drug-likeness (QED) is 0.869. The number of nitrogens with zero attached hydrogens (tertiary/aromatic N) is 3. The van der Waals surface area contributed by atoms with E-state index in [9.17, 15) is 0 Å². The van der Waals surface area contributed by atoms with Crippen molar-refractivity contribution < 1.29 is 0 Å². The van der Waals surface area contributed by atoms with Crippen molar-refractivity contribution in [3.05, 3.63) is 17.5 Å². The van der Waals surface area contributed by atoms with Gasteiger partial charge in [-0.05, 0) is 39.2 Å². The molecule has 94 valence electrons. The molecule has 1 aromatic heterocycles. The Morgan fingerprint density at radius 3 is 2.82 bits per heavy atom. The Morgan fingerprint density at radius 1 is 1.41 bits per heavy atom. The maximum Gasteiger partial charge on any atom is 0.226 e. The molecule has 0 spiro atoms. The van der Waals surface area contributed by atoms with E-state index < -0.39 is 0 Å². The molecule has 2 heterocycles. The average molecular weight is 234 g/mol. The summed E-state index contributed by atoms with van der Waals surface area (Å²) in [6.45, 7) is 6.97. The fraction of sp³-hybridized carbons (Fsp3) is 0.692. The molecule has 1 aliphatic rings. The molecule has 0 radical (unpaired) electrons. The van der Waals surface area contributed by atoms with E-state index >= 15 is 0 Å². The van der Waals surface area contributed by atoms with E-state index in [1.54, 1.807) is 0 Å². The van der Waals surface area contributed by atoms with Gasteiger partial charge in [-0.2, -0.15) is 0 Å². The Hall–Kier alpha value is -1.16. The molecule has 0 amide bonds. The number of anilines is 1. The number of nitrogens with two attached hydrogens (primary N) is 1. The maximum atomic E-state index is 5.68. The minimum atomic E-state index is 0.482. The van der Waals surface area contributed by atoms with Gasteiger partial charge in [0.2, 0.25) is 5.95 Å². The van der Waals surface area contributed by atoms with Crippen molar-refractivity contribution in [3.63, 3.8) is 0 Å². The summed E-state index contributed by atoms with van der Waals surface area (Å²) >= 11 is 0. The molecule has 4 nitrogen and oxygen atoms in total. The zero-order chi connectivity index (χ0) is 12.4. The van der Waals surface area contributed by atoms with Crippen LogP contribution in [-0.4, -0.2) is 22.1 Å². The first-order valence-corrected chi connectivity index (χ1v) is 6.48. The van der Waals surface area contributed by atoms with Gasteiger partial charge in [0.15, 0.2) is 0 Å². The van der Waals surface area contributed by atoms with Gasteiger partial charge in [-0.25, -0.2) is 9.97 Å². The number of aromatic nitrogens is 2. The maximum absolute atomic E-state index is 5.68. The fourth-order valence-electron chi connectivity index (χ4n) is 2.67. The minimum absolute atomic E-state index is 0.482. The lowest BCUT2D eigenvalue weighted by atomic mass is 10.2. The van der Waals surface area contributed by atoms with Gasteiger partial charge >= 0.3 is 0 Å². The highest BCUT2D eigenvalue weighted by molar-refractivity contribution is 5.37. The number of hydrogen-bond donors (Lipinski definition) is 1. The SMILES string of the molecule is CCC1CCC(C)N1c1nc(C)cc(CN)n1. The highest BCUT2D eigenvalue weighted by atomic mass is 15.3. The monoisotopic (exact) mass is 234 g/mol. The second kappa shape index (κ2) is 5.00. The van der Waals surface area contributed by atoms with Gasteiger partial charge in [-0.15, -0.1) is 0 Å². The molecule has 1 fully saturated rings. The van der Waals surface area contributed by atoms with Gasteiger partial charge in [-0.1, -0.05) is 6.92 Å². The van der Waals surface area contributed by atoms with Crippen molar-refractivity contribution in [2.45, 2.75) is 58.7 Å². The molecular formula is C13H22N4. The van der Waals surface area contributed by atoms with Gasteiger partial charge in [0.05, 0.1) is 5.69 Å². The van der Waals surface area contributed by atoms with Crippen LogP contribution in [0.25, 0.3) is 0 Å². The summed E-state index contributed by atoms with van der Waals surface area (Å²) < 4.78 is 0. The van der Waals surface area contributed by atoms with Crippen molar-refractivity contribution in [2.75, 3.05) is 4.90 Å². The van der Waals surface area contributed by atoms with E-state index in [4.69, 9.17) is 5.73 Å². The van der Waals surface area contributed by atoms with Gasteiger partial charge < -0.3 is 10.6 Å². The molecule has 17 heavy (non-hydrogen) atoms. The van der Waals surface area contributed by atoms with E-state index in [1.807, 2.05) is 13.0 Å². The second-order valence-corrected chi connectivity index (χ2v) is 4.90. The number of rotatable bonds is 3. The van der Waals surface area contributed by atoms with E-state index in [0.717, 1.165) is 23.8 Å². The van der Waals surface area contributed by atoms with E-state index in [-0.39, 0.29) is 0 Å². The molecular weight excluding hydrogens is 212 g/mol. The number of hydrogen-bond acceptors (Lipinski definition) is 4. The van der Waals surface area contributed by atoms with E-state index in [2.05, 4.69) is 28.7 Å². The molecule has 4 heteroatoms. The van der Waals surface area contributed by atoms with Crippen LogP contribution in [0.4, 0.5) is 5.95 Å². The molecule has 0 aliphatic carbocycles. The van der Waals surface area contributed by atoms with Crippen LogP contribution in [0.3, 0.4) is 0 Å². The third-order valence-electron chi connectivity index (χ3n) is 3.59. The predicted octanol–water partition coefficient (Wildman–Crippen LogP) is 2.01. The molecule has 0 bridgehead atoms. The van der Waals surface area contributed by atoms with Crippen LogP contribution < -0.4 is 10.6 Å². The average Bonchev–Trinajstić information content (AvgIpc) is 2.69. The normalized spacial score (nSPS) is 24.4. The summed E-state index contributed by atoms with van der Waals surface area (Å²) in [7, 11) is 0. The summed E-state index contributed by atoms with van der Waals surface area (Å²) in [4.78, 5) is 11.5. The van der Waals surface area contributed by atoms with Gasteiger partial charge in [0.1, 0.15) is 0 Å². The molecule has 2 rings (SSSR count). The lowest BCUT2D eigenvalue weighted by Gasteiger charge is -2.28. The molecule has 1 saturated heterocycles. The van der Waals surface area contributed by atoms with Crippen LogP contribution in [0.2, 0.25) is 0 Å². The van der Waals surface area contributed by atoms with Crippen molar-refractivity contribution in [2.24, 2.45) is 5.73 Å². The van der Waals surface area contributed by atoms with Crippen LogP contribution in [-0.2, 0) is 6.54 Å². The molecule has 2 atom stereocenters. The molecule has 2 N–H and O–H groups in total. The van der Waals surface area contributed by atoms with Gasteiger partial charge in [0, 0.05) is 24.3 Å². The van der Waals surface area contributed by atoms with Crippen molar-refractivity contribution in [3.8, 4) is 0 Å². The van der Waals surface area contributed by atoms with Crippen LogP contribution >= 0.6 is 0 Å². The van der Waals surface area contributed by atoms with Crippen LogP contribution in [0.1, 0.15) is 44.5 Å². The third kappa shape index (κ3) is 2.41. The molecule has 0 saturated carbocycles. The Kier molecular flexibility index (Phi) is 3.62. The summed E-state index contributed by atoms with van der Waals surface area (Å²) in [5.41, 5.74) is 7.62. The van der Waals surface area contributed by atoms with Gasteiger partial charge in [-0.3, -0.25) is 0 Å². The van der Waals surface area contributed by atoms with E-state index in [0.29, 0.717) is 18.6 Å². The highest BCUT2D eigenvalue weighted by Gasteiger charge is 2.31. The third-order valence-corrected chi connectivity index (χ3v) is 3.59. The lowest BCUT2D eigenvalue weighted by molar-refractivity contribution is 0.610. The van der Waals surface area contributed by atoms with Crippen LogP contribution in [0.15, 0.2) is 6.07 Å². The van der Waals surface area contributed by atoms with Crippen molar-refractivity contribution >= 4 is 5.95 Å². The number of aryl methyl sites for hydroxylation is 1. The first-order valence-electron chi connectivity index (χ1n) is 6.48. The molecule has 1 aliphatic heterocycles. The lowest BCUT2D eigenvalue weighted by Crippen LogP contribution is -2.36. The smallest absolute Gasteiger partial charge is 0.226 e. The standard InChI is InChI=1S/C13H22N4/c1-4-12-6-5-10(3)17(12)13-15-9(2)7-11(8-14)16-13/h7,10,12H,4-6,8,14H2,1-3H3. The van der Waals surface area contributed by atoms with Crippen LogP contribution in [0, 0.1) is 6.92 Å². The predicted molar refractivity (Wildman–Crippen MR) is 69.9 cm³/mol. The summed E-state index contributed by atoms with van der Waals surface area (Å²) in [5, 5.41) is 0. The Balaban J connectivity index is 2.34. The Morgan fingerprint density at radius 2 is 2.18 bits per heavy atom. The molecule has 0 aromatic carbocycles. The second-order valence-electron chi connectivity index (χ2n) is 4.90. The zero-order valence-corrected chi connectivity index (χ0v) is 11.0.